The molecular formula is C17H28ClIN4O2S. The third-order valence-corrected chi connectivity index (χ3v) is 5.88. The minimum Gasteiger partial charge on any atom is -0.356 e. The van der Waals surface area contributed by atoms with Gasteiger partial charge in [-0.25, -0.2) is 13.1 Å². The zero-order valence-corrected chi connectivity index (χ0v) is 18.9. The lowest BCUT2D eigenvalue weighted by atomic mass is 9.86. The second kappa shape index (κ2) is 12.0. The fourth-order valence-electron chi connectivity index (χ4n) is 2.56. The van der Waals surface area contributed by atoms with E-state index in [2.05, 4.69) is 20.3 Å². The topological polar surface area (TPSA) is 82.6 Å². The van der Waals surface area contributed by atoms with Crippen LogP contribution in [0.15, 0.2) is 29.3 Å². The first-order valence-electron chi connectivity index (χ1n) is 8.65. The molecule has 0 unspecified atom stereocenters. The van der Waals surface area contributed by atoms with Gasteiger partial charge in [0.15, 0.2) is 5.96 Å². The van der Waals surface area contributed by atoms with Gasteiger partial charge in [0.05, 0.1) is 5.75 Å². The van der Waals surface area contributed by atoms with Crippen LogP contribution < -0.4 is 15.4 Å². The highest BCUT2D eigenvalue weighted by Crippen LogP contribution is 2.25. The van der Waals surface area contributed by atoms with Crippen LogP contribution in [0.4, 0.5) is 0 Å². The second-order valence-corrected chi connectivity index (χ2v) is 8.63. The zero-order chi connectivity index (χ0) is 18.1. The number of sulfonamides is 1. The van der Waals surface area contributed by atoms with E-state index in [-0.39, 0.29) is 29.7 Å². The molecule has 0 atom stereocenters. The number of guanidine groups is 1. The molecule has 1 aromatic carbocycles. The van der Waals surface area contributed by atoms with Crippen molar-refractivity contribution in [3.63, 3.8) is 0 Å². The van der Waals surface area contributed by atoms with Crippen LogP contribution in [0.25, 0.3) is 0 Å². The largest absolute Gasteiger partial charge is 0.356 e. The maximum Gasteiger partial charge on any atom is 0.213 e. The van der Waals surface area contributed by atoms with Crippen molar-refractivity contribution in [1.82, 2.24) is 15.4 Å². The Morgan fingerprint density at radius 1 is 1.27 bits per heavy atom. The van der Waals surface area contributed by atoms with E-state index in [0.717, 1.165) is 29.8 Å². The third kappa shape index (κ3) is 8.88. The van der Waals surface area contributed by atoms with Crippen molar-refractivity contribution in [3.8, 4) is 0 Å². The molecule has 1 saturated carbocycles. The zero-order valence-electron chi connectivity index (χ0n) is 15.0. The molecule has 148 valence electrons. The molecule has 0 bridgehead atoms. The first-order chi connectivity index (χ1) is 12.0. The summed E-state index contributed by atoms with van der Waals surface area (Å²) >= 11 is 5.96. The summed E-state index contributed by atoms with van der Waals surface area (Å²) < 4.78 is 26.6. The maximum absolute atomic E-state index is 12.0. The lowest BCUT2D eigenvalue weighted by Crippen LogP contribution is -2.42. The van der Waals surface area contributed by atoms with Crippen molar-refractivity contribution in [3.05, 3.63) is 34.9 Å². The third-order valence-electron chi connectivity index (χ3n) is 4.30. The predicted molar refractivity (Wildman–Crippen MR) is 119 cm³/mol. The quantitative estimate of drug-likeness (QED) is 0.268. The normalized spacial score (nSPS) is 15.1. The monoisotopic (exact) mass is 514 g/mol. The number of aliphatic imine (C=N–C) groups is 1. The van der Waals surface area contributed by atoms with Crippen molar-refractivity contribution >= 4 is 51.6 Å². The second-order valence-electron chi connectivity index (χ2n) is 6.27. The van der Waals surface area contributed by atoms with Crippen molar-refractivity contribution in [2.24, 2.45) is 10.9 Å². The summed E-state index contributed by atoms with van der Waals surface area (Å²) in [4.78, 5) is 4.11. The van der Waals surface area contributed by atoms with Crippen molar-refractivity contribution < 1.29 is 8.42 Å². The Balaban J connectivity index is 0.00000338. The summed E-state index contributed by atoms with van der Waals surface area (Å²) in [6.07, 6.45) is 4.28. The Labute approximate surface area is 178 Å². The van der Waals surface area contributed by atoms with E-state index in [0.29, 0.717) is 31.5 Å². The summed E-state index contributed by atoms with van der Waals surface area (Å²) in [5, 5.41) is 6.93. The number of rotatable bonds is 9. The van der Waals surface area contributed by atoms with Gasteiger partial charge in [0.25, 0.3) is 0 Å². The fourth-order valence-corrected chi connectivity index (χ4v) is 3.77. The number of halogens is 2. The van der Waals surface area contributed by atoms with E-state index >= 15 is 0 Å². The maximum atomic E-state index is 12.0. The summed E-state index contributed by atoms with van der Waals surface area (Å²) in [5.41, 5.74) is 1.14. The molecule has 0 amide bonds. The molecule has 2 rings (SSSR count). The minimum atomic E-state index is -3.23. The van der Waals surface area contributed by atoms with Crippen LogP contribution in [0.1, 0.15) is 24.8 Å². The number of hydrogen-bond donors (Lipinski definition) is 3. The van der Waals surface area contributed by atoms with Crippen molar-refractivity contribution in [1.29, 1.82) is 0 Å². The van der Waals surface area contributed by atoms with Crippen LogP contribution in [0.3, 0.4) is 0 Å². The molecule has 1 aliphatic rings. The Bertz CT molecular complexity index is 681. The predicted octanol–water partition coefficient (Wildman–Crippen LogP) is 2.39. The van der Waals surface area contributed by atoms with E-state index in [1.54, 1.807) is 7.05 Å². The molecule has 1 aliphatic carbocycles. The summed E-state index contributed by atoms with van der Waals surface area (Å²) in [6, 6.07) is 7.72. The molecule has 0 radical (unpaired) electrons. The molecule has 1 fully saturated rings. The molecule has 1 aromatic rings. The minimum absolute atomic E-state index is 0. The highest BCUT2D eigenvalue weighted by Gasteiger charge is 2.19. The van der Waals surface area contributed by atoms with Crippen LogP contribution in [0.2, 0.25) is 5.02 Å². The average Bonchev–Trinajstić information content (AvgIpc) is 2.51. The molecular weight excluding hydrogens is 487 g/mol. The van der Waals surface area contributed by atoms with E-state index in [1.165, 1.54) is 6.42 Å². The molecule has 6 nitrogen and oxygen atoms in total. The number of hydrogen-bond acceptors (Lipinski definition) is 3. The summed E-state index contributed by atoms with van der Waals surface area (Å²) in [5.74, 6) is 1.15. The van der Waals surface area contributed by atoms with Gasteiger partial charge in [0, 0.05) is 31.7 Å². The SMILES string of the molecule is CN=C(NCCc1cccc(Cl)c1)NCCS(=O)(=O)NCC1CCC1.I. The molecule has 0 heterocycles. The number of nitrogens with zero attached hydrogens (tertiary/aromatic N) is 1. The Hall–Kier alpha value is -0.580. The number of benzene rings is 1. The number of nitrogens with one attached hydrogen (secondary N) is 3. The molecule has 0 aliphatic heterocycles. The molecule has 0 aromatic heterocycles. The fraction of sp³-hybridized carbons (Fsp3) is 0.588. The van der Waals surface area contributed by atoms with Gasteiger partial charge in [-0.1, -0.05) is 30.2 Å². The summed E-state index contributed by atoms with van der Waals surface area (Å²) in [6.45, 7) is 1.57. The Kier molecular flexibility index (Phi) is 10.8. The van der Waals surface area contributed by atoms with Gasteiger partial charge in [-0.3, -0.25) is 4.99 Å². The van der Waals surface area contributed by atoms with Crippen molar-refractivity contribution in [2.75, 3.05) is 32.4 Å². The van der Waals surface area contributed by atoms with Gasteiger partial charge in [-0.05, 0) is 42.9 Å². The first-order valence-corrected chi connectivity index (χ1v) is 10.7. The molecule has 9 heteroatoms. The van der Waals surface area contributed by atoms with Crippen molar-refractivity contribution in [2.45, 2.75) is 25.7 Å². The molecule has 26 heavy (non-hydrogen) atoms. The van der Waals surface area contributed by atoms with Crippen LogP contribution in [0, 0.1) is 5.92 Å². The lowest BCUT2D eigenvalue weighted by molar-refractivity contribution is 0.316. The van der Waals surface area contributed by atoms with Gasteiger partial charge in [-0.2, -0.15) is 0 Å². The van der Waals surface area contributed by atoms with Gasteiger partial charge in [0.2, 0.25) is 10.0 Å². The van der Waals surface area contributed by atoms with Crippen LogP contribution >= 0.6 is 35.6 Å². The summed E-state index contributed by atoms with van der Waals surface area (Å²) in [7, 11) is -1.57. The highest BCUT2D eigenvalue weighted by molar-refractivity contribution is 14.0. The average molecular weight is 515 g/mol. The smallest absolute Gasteiger partial charge is 0.213 e. The van der Waals surface area contributed by atoms with Gasteiger partial charge in [0.1, 0.15) is 0 Å². The Morgan fingerprint density at radius 3 is 2.62 bits per heavy atom. The van der Waals surface area contributed by atoms with Gasteiger partial charge in [-0.15, -0.1) is 24.0 Å². The standard InChI is InChI=1S/C17H27ClN4O2S.HI/c1-19-17(20-9-8-14-4-3-7-16(18)12-14)21-10-11-25(23,24)22-13-15-5-2-6-15;/h3-4,7,12,15,22H,2,5-6,8-11,13H2,1H3,(H2,19,20,21);1H. The molecule has 3 N–H and O–H groups in total. The van der Waals surface area contributed by atoms with E-state index in [4.69, 9.17) is 11.6 Å². The molecule has 0 saturated heterocycles. The van der Waals surface area contributed by atoms with Crippen LogP contribution in [-0.4, -0.2) is 46.8 Å². The van der Waals surface area contributed by atoms with E-state index in [9.17, 15) is 8.42 Å². The Morgan fingerprint density at radius 2 is 2.00 bits per heavy atom. The van der Waals surface area contributed by atoms with Gasteiger partial charge < -0.3 is 10.6 Å². The van der Waals surface area contributed by atoms with E-state index < -0.39 is 10.0 Å². The van der Waals surface area contributed by atoms with Crippen LogP contribution in [-0.2, 0) is 16.4 Å². The first kappa shape index (κ1) is 23.5. The lowest BCUT2D eigenvalue weighted by Gasteiger charge is -2.25. The highest BCUT2D eigenvalue weighted by atomic mass is 127. The van der Waals surface area contributed by atoms with Crippen LogP contribution in [0.5, 0.6) is 0 Å². The van der Waals surface area contributed by atoms with E-state index in [1.807, 2.05) is 24.3 Å². The molecule has 0 spiro atoms. The van der Waals surface area contributed by atoms with Gasteiger partial charge >= 0.3 is 0 Å².